The maximum atomic E-state index is 13.3. The number of thiophene rings is 1. The molecule has 1 atom stereocenters. The van der Waals surface area contributed by atoms with Gasteiger partial charge < -0.3 is 4.90 Å². The minimum absolute atomic E-state index is 0.170. The van der Waals surface area contributed by atoms with Crippen molar-refractivity contribution < 1.29 is 14.4 Å². The topological polar surface area (TPSA) is 57.7 Å². The maximum absolute atomic E-state index is 13.3. The smallest absolute Gasteiger partial charge is 0.262 e. The van der Waals surface area contributed by atoms with Crippen molar-refractivity contribution in [2.24, 2.45) is 5.92 Å². The highest BCUT2D eigenvalue weighted by atomic mass is 32.1. The van der Waals surface area contributed by atoms with Crippen LogP contribution in [0.2, 0.25) is 0 Å². The minimum Gasteiger partial charge on any atom is -0.336 e. The summed E-state index contributed by atoms with van der Waals surface area (Å²) < 4.78 is 0. The number of amides is 3. The standard InChI is InChI=1S/C21H24N2O3S/c1-4-22(13-15-8-7-11-27-15)21(26)18(12-14(2)3)23-19(24)16-9-5-6-10-17(16)20(23)25/h5-11,14,18H,4,12-13H2,1-3H3. The van der Waals surface area contributed by atoms with Crippen LogP contribution in [0.15, 0.2) is 41.8 Å². The first-order valence-electron chi connectivity index (χ1n) is 9.22. The first-order chi connectivity index (χ1) is 12.9. The first kappa shape index (κ1) is 19.3. The normalized spacial score (nSPS) is 14.6. The Hall–Kier alpha value is -2.47. The zero-order valence-corrected chi connectivity index (χ0v) is 16.7. The summed E-state index contributed by atoms with van der Waals surface area (Å²) in [6.45, 7) is 6.92. The lowest BCUT2D eigenvalue weighted by atomic mass is 10.0. The number of hydrogen-bond acceptors (Lipinski definition) is 4. The molecule has 5 nitrogen and oxygen atoms in total. The van der Waals surface area contributed by atoms with E-state index in [1.54, 1.807) is 40.5 Å². The number of hydrogen-bond donors (Lipinski definition) is 0. The fraction of sp³-hybridized carbons (Fsp3) is 0.381. The monoisotopic (exact) mass is 384 g/mol. The summed E-state index contributed by atoms with van der Waals surface area (Å²) in [6, 6.07) is 9.93. The molecule has 1 aromatic carbocycles. The summed E-state index contributed by atoms with van der Waals surface area (Å²) in [4.78, 5) is 43.1. The third kappa shape index (κ3) is 3.81. The Morgan fingerprint density at radius 1 is 1.07 bits per heavy atom. The molecule has 1 aromatic heterocycles. The molecule has 0 N–H and O–H groups in total. The lowest BCUT2D eigenvalue weighted by Crippen LogP contribution is -2.51. The molecule has 1 aliphatic rings. The van der Waals surface area contributed by atoms with E-state index >= 15 is 0 Å². The average molecular weight is 385 g/mol. The lowest BCUT2D eigenvalue weighted by molar-refractivity contribution is -0.136. The zero-order valence-electron chi connectivity index (χ0n) is 15.8. The molecule has 1 unspecified atom stereocenters. The van der Waals surface area contributed by atoms with Gasteiger partial charge in [-0.1, -0.05) is 32.0 Å². The van der Waals surface area contributed by atoms with Crippen molar-refractivity contribution in [3.63, 3.8) is 0 Å². The van der Waals surface area contributed by atoms with Gasteiger partial charge in [-0.15, -0.1) is 11.3 Å². The number of carbonyl (C=O) groups is 3. The van der Waals surface area contributed by atoms with E-state index in [4.69, 9.17) is 0 Å². The van der Waals surface area contributed by atoms with Crippen molar-refractivity contribution in [3.8, 4) is 0 Å². The Bertz CT molecular complexity index is 810. The molecule has 3 rings (SSSR count). The third-order valence-electron chi connectivity index (χ3n) is 4.74. The summed E-state index contributed by atoms with van der Waals surface area (Å²) >= 11 is 1.59. The van der Waals surface area contributed by atoms with E-state index in [1.807, 2.05) is 38.3 Å². The second-order valence-corrected chi connectivity index (χ2v) is 8.14. The molecular weight excluding hydrogens is 360 g/mol. The maximum Gasteiger partial charge on any atom is 0.262 e. The van der Waals surface area contributed by atoms with Gasteiger partial charge in [0, 0.05) is 11.4 Å². The summed E-state index contributed by atoms with van der Waals surface area (Å²) in [6.07, 6.45) is 0.450. The average Bonchev–Trinajstić information content (AvgIpc) is 3.25. The number of rotatable bonds is 7. The summed E-state index contributed by atoms with van der Waals surface area (Å²) in [5, 5.41) is 1.98. The summed E-state index contributed by atoms with van der Waals surface area (Å²) in [5.74, 6) is -0.749. The molecule has 0 saturated carbocycles. The quantitative estimate of drug-likeness (QED) is 0.682. The fourth-order valence-corrected chi connectivity index (χ4v) is 4.12. The molecule has 0 bridgehead atoms. The van der Waals surface area contributed by atoms with Crippen LogP contribution < -0.4 is 0 Å². The van der Waals surface area contributed by atoms with Crippen LogP contribution in [0.5, 0.6) is 0 Å². The highest BCUT2D eigenvalue weighted by molar-refractivity contribution is 7.09. The van der Waals surface area contributed by atoms with Crippen molar-refractivity contribution in [3.05, 3.63) is 57.8 Å². The Kier molecular flexibility index (Phi) is 5.75. The van der Waals surface area contributed by atoms with Gasteiger partial charge in [0.15, 0.2) is 0 Å². The van der Waals surface area contributed by atoms with Crippen molar-refractivity contribution in [2.45, 2.75) is 39.8 Å². The van der Waals surface area contributed by atoms with Crippen LogP contribution in [0.3, 0.4) is 0 Å². The van der Waals surface area contributed by atoms with E-state index in [1.165, 1.54) is 4.90 Å². The molecule has 3 amide bonds. The highest BCUT2D eigenvalue weighted by Crippen LogP contribution is 2.28. The summed E-state index contributed by atoms with van der Waals surface area (Å²) in [7, 11) is 0. The van der Waals surface area contributed by atoms with Crippen molar-refractivity contribution in [1.82, 2.24) is 9.80 Å². The largest absolute Gasteiger partial charge is 0.336 e. The van der Waals surface area contributed by atoms with Crippen LogP contribution in [-0.4, -0.2) is 40.1 Å². The van der Waals surface area contributed by atoms with Crippen LogP contribution in [0, 0.1) is 5.92 Å². The SMILES string of the molecule is CCN(Cc1cccs1)C(=O)C(CC(C)C)N1C(=O)c2ccccc2C1=O. The Balaban J connectivity index is 1.91. The molecule has 2 heterocycles. The van der Waals surface area contributed by atoms with Gasteiger partial charge in [0.05, 0.1) is 17.7 Å². The van der Waals surface area contributed by atoms with E-state index < -0.39 is 6.04 Å². The van der Waals surface area contributed by atoms with Gasteiger partial charge in [0.25, 0.3) is 11.8 Å². The van der Waals surface area contributed by atoms with Gasteiger partial charge in [-0.05, 0) is 42.8 Å². The second-order valence-electron chi connectivity index (χ2n) is 7.10. The van der Waals surface area contributed by atoms with Crippen molar-refractivity contribution in [2.75, 3.05) is 6.54 Å². The molecule has 2 aromatic rings. The van der Waals surface area contributed by atoms with E-state index in [0.717, 1.165) is 4.88 Å². The van der Waals surface area contributed by atoms with Crippen LogP contribution in [-0.2, 0) is 11.3 Å². The van der Waals surface area contributed by atoms with Gasteiger partial charge in [0.1, 0.15) is 6.04 Å². The molecule has 0 fully saturated rings. The van der Waals surface area contributed by atoms with Crippen molar-refractivity contribution >= 4 is 29.1 Å². The van der Waals surface area contributed by atoms with E-state index in [2.05, 4.69) is 0 Å². The lowest BCUT2D eigenvalue weighted by Gasteiger charge is -2.31. The molecular formula is C21H24N2O3S. The predicted molar refractivity (Wildman–Crippen MR) is 106 cm³/mol. The van der Waals surface area contributed by atoms with Crippen LogP contribution in [0.1, 0.15) is 52.8 Å². The fourth-order valence-electron chi connectivity index (χ4n) is 3.40. The molecule has 0 aliphatic carbocycles. The Labute approximate surface area is 163 Å². The number of likely N-dealkylation sites (N-methyl/N-ethyl adjacent to an activating group) is 1. The number of carbonyl (C=O) groups excluding carboxylic acids is 3. The minimum atomic E-state index is -0.780. The third-order valence-corrected chi connectivity index (χ3v) is 5.60. The van der Waals surface area contributed by atoms with E-state index in [0.29, 0.717) is 30.6 Å². The van der Waals surface area contributed by atoms with Crippen LogP contribution in [0.25, 0.3) is 0 Å². The van der Waals surface area contributed by atoms with E-state index in [-0.39, 0.29) is 23.6 Å². The first-order valence-corrected chi connectivity index (χ1v) is 10.1. The molecule has 27 heavy (non-hydrogen) atoms. The van der Waals surface area contributed by atoms with Crippen molar-refractivity contribution in [1.29, 1.82) is 0 Å². The van der Waals surface area contributed by atoms with Crippen LogP contribution in [0.4, 0.5) is 0 Å². The second kappa shape index (κ2) is 8.05. The molecule has 6 heteroatoms. The Morgan fingerprint density at radius 2 is 1.70 bits per heavy atom. The Morgan fingerprint density at radius 3 is 2.19 bits per heavy atom. The molecule has 0 radical (unpaired) electrons. The summed E-state index contributed by atoms with van der Waals surface area (Å²) in [5.41, 5.74) is 0.760. The van der Waals surface area contributed by atoms with E-state index in [9.17, 15) is 14.4 Å². The highest BCUT2D eigenvalue weighted by Gasteiger charge is 2.43. The molecule has 1 aliphatic heterocycles. The zero-order chi connectivity index (χ0) is 19.6. The van der Waals surface area contributed by atoms with Crippen LogP contribution >= 0.6 is 11.3 Å². The number of benzene rings is 1. The van der Waals surface area contributed by atoms with Gasteiger partial charge in [-0.25, -0.2) is 0 Å². The van der Waals surface area contributed by atoms with Gasteiger partial charge >= 0.3 is 0 Å². The van der Waals surface area contributed by atoms with Gasteiger partial charge in [0.2, 0.25) is 5.91 Å². The number of fused-ring (bicyclic) bond motifs is 1. The molecule has 0 saturated heterocycles. The predicted octanol–water partition coefficient (Wildman–Crippen LogP) is 3.81. The number of nitrogens with zero attached hydrogens (tertiary/aromatic N) is 2. The number of imide groups is 1. The molecule has 142 valence electrons. The molecule has 0 spiro atoms. The van der Waals surface area contributed by atoms with Gasteiger partial charge in [-0.2, -0.15) is 0 Å². The van der Waals surface area contributed by atoms with Gasteiger partial charge in [-0.3, -0.25) is 19.3 Å².